The Kier molecular flexibility index (Phi) is 3.64. The third-order valence-corrected chi connectivity index (χ3v) is 1.26. The van der Waals surface area contributed by atoms with Crippen LogP contribution in [0.4, 0.5) is 0 Å². The number of carbonyl (C=O) groups excluding carboxylic acids is 1. The minimum Gasteiger partial charge on any atom is -0.357 e. The number of nitrogens with one attached hydrogen (secondary N) is 2. The largest absolute Gasteiger partial charge is 0.357 e. The molecule has 3 nitrogen and oxygen atoms in total. The van der Waals surface area contributed by atoms with Crippen molar-refractivity contribution in [2.24, 2.45) is 0 Å². The Morgan fingerprint density at radius 1 is 1.62 bits per heavy atom. The van der Waals surface area contributed by atoms with E-state index in [4.69, 9.17) is 0 Å². The van der Waals surface area contributed by atoms with Crippen molar-refractivity contribution >= 4 is 18.5 Å². The standard InChI is InChI=1S/C4H10N2OS/c1-5-3(7)4(8)6-2/h4,6,8H,1-2H3,(H,5,7)/t4-/m0/s1. The molecule has 2 N–H and O–H groups in total. The topological polar surface area (TPSA) is 41.1 Å². The molecule has 8 heavy (non-hydrogen) atoms. The molecular formula is C4H10N2OS. The van der Waals surface area contributed by atoms with Crippen LogP contribution in [0.3, 0.4) is 0 Å². The van der Waals surface area contributed by atoms with Gasteiger partial charge in [-0.1, -0.05) is 0 Å². The van der Waals surface area contributed by atoms with Gasteiger partial charge < -0.3 is 10.6 Å². The van der Waals surface area contributed by atoms with E-state index in [1.807, 2.05) is 0 Å². The van der Waals surface area contributed by atoms with Crippen LogP contribution in [-0.4, -0.2) is 25.4 Å². The summed E-state index contributed by atoms with van der Waals surface area (Å²) in [5.41, 5.74) is 0. The van der Waals surface area contributed by atoms with Crippen molar-refractivity contribution in [3.05, 3.63) is 0 Å². The normalized spacial score (nSPS) is 12.9. The predicted octanol–water partition coefficient (Wildman–Crippen LogP) is -0.792. The van der Waals surface area contributed by atoms with E-state index in [0.717, 1.165) is 0 Å². The van der Waals surface area contributed by atoms with Crippen molar-refractivity contribution in [3.63, 3.8) is 0 Å². The van der Waals surface area contributed by atoms with Gasteiger partial charge in [-0.15, -0.1) is 0 Å². The summed E-state index contributed by atoms with van der Waals surface area (Å²) in [6, 6.07) is 0. The van der Waals surface area contributed by atoms with E-state index in [1.165, 1.54) is 0 Å². The first-order valence-electron chi connectivity index (χ1n) is 2.29. The Balaban J connectivity index is 3.46. The second-order valence-corrected chi connectivity index (χ2v) is 1.82. The predicted molar refractivity (Wildman–Crippen MR) is 35.9 cm³/mol. The molecule has 4 heteroatoms. The van der Waals surface area contributed by atoms with E-state index in [2.05, 4.69) is 23.3 Å². The van der Waals surface area contributed by atoms with Crippen LogP contribution in [0, 0.1) is 0 Å². The Morgan fingerprint density at radius 2 is 2.12 bits per heavy atom. The Hall–Kier alpha value is -0.220. The van der Waals surface area contributed by atoms with Crippen molar-refractivity contribution in [1.82, 2.24) is 10.6 Å². The van der Waals surface area contributed by atoms with Gasteiger partial charge >= 0.3 is 0 Å². The highest BCUT2D eigenvalue weighted by Gasteiger charge is 2.06. The second kappa shape index (κ2) is 3.74. The summed E-state index contributed by atoms with van der Waals surface area (Å²) in [5.74, 6) is -0.115. The number of rotatable bonds is 2. The van der Waals surface area contributed by atoms with Crippen LogP contribution in [0.25, 0.3) is 0 Å². The fraction of sp³-hybridized carbons (Fsp3) is 0.750. The average Bonchev–Trinajstić information content (AvgIpc) is 1.84. The molecule has 0 spiro atoms. The molecule has 0 aromatic heterocycles. The summed E-state index contributed by atoms with van der Waals surface area (Å²) in [5, 5.41) is 4.72. The molecule has 0 radical (unpaired) electrons. The summed E-state index contributed by atoms with van der Waals surface area (Å²) in [6.07, 6.45) is 0. The van der Waals surface area contributed by atoms with Crippen LogP contribution < -0.4 is 10.6 Å². The van der Waals surface area contributed by atoms with Gasteiger partial charge in [-0.25, -0.2) is 0 Å². The Morgan fingerprint density at radius 3 is 2.25 bits per heavy atom. The number of hydrogen-bond donors (Lipinski definition) is 3. The Labute approximate surface area is 54.3 Å². The lowest BCUT2D eigenvalue weighted by atomic mass is 10.6. The molecule has 0 saturated heterocycles. The van der Waals surface area contributed by atoms with Crippen LogP contribution in [-0.2, 0) is 4.79 Å². The molecule has 1 amide bonds. The van der Waals surface area contributed by atoms with Crippen LogP contribution in [0.2, 0.25) is 0 Å². The zero-order valence-corrected chi connectivity index (χ0v) is 5.83. The number of likely N-dealkylation sites (N-methyl/N-ethyl adjacent to an activating group) is 2. The van der Waals surface area contributed by atoms with Gasteiger partial charge in [0.2, 0.25) is 5.91 Å². The lowest BCUT2D eigenvalue weighted by Gasteiger charge is -2.04. The highest BCUT2D eigenvalue weighted by Crippen LogP contribution is 1.84. The molecule has 0 saturated carbocycles. The number of carbonyl (C=O) groups is 1. The fourth-order valence-corrected chi connectivity index (χ4v) is 0.397. The van der Waals surface area contributed by atoms with Gasteiger partial charge in [0.05, 0.1) is 0 Å². The molecule has 0 aromatic rings. The molecule has 0 aliphatic heterocycles. The summed E-state index contributed by atoms with van der Waals surface area (Å²) in [7, 11) is 3.25. The quantitative estimate of drug-likeness (QED) is 0.342. The second-order valence-electron chi connectivity index (χ2n) is 1.31. The molecule has 48 valence electrons. The van der Waals surface area contributed by atoms with Gasteiger partial charge in [-0.2, -0.15) is 12.6 Å². The van der Waals surface area contributed by atoms with Crippen molar-refractivity contribution in [2.45, 2.75) is 5.37 Å². The molecule has 0 rings (SSSR count). The zero-order chi connectivity index (χ0) is 6.57. The van der Waals surface area contributed by atoms with E-state index in [1.54, 1.807) is 14.1 Å². The van der Waals surface area contributed by atoms with Gasteiger partial charge in [-0.3, -0.25) is 4.79 Å². The lowest BCUT2D eigenvalue weighted by molar-refractivity contribution is -0.120. The van der Waals surface area contributed by atoms with Gasteiger partial charge in [0, 0.05) is 7.05 Å². The molecule has 0 bridgehead atoms. The van der Waals surface area contributed by atoms with E-state index < -0.39 is 0 Å². The molecule has 0 aromatic carbocycles. The van der Waals surface area contributed by atoms with Crippen molar-refractivity contribution in [1.29, 1.82) is 0 Å². The Bertz CT molecular complexity index is 86.1. The minimum atomic E-state index is -0.389. The molecule has 0 unspecified atom stereocenters. The molecule has 0 heterocycles. The molecule has 0 aliphatic carbocycles. The summed E-state index contributed by atoms with van der Waals surface area (Å²) in [4.78, 5) is 10.5. The number of thiol groups is 1. The summed E-state index contributed by atoms with van der Waals surface area (Å²) in [6.45, 7) is 0. The summed E-state index contributed by atoms with van der Waals surface area (Å²) >= 11 is 3.88. The number of hydrogen-bond acceptors (Lipinski definition) is 3. The van der Waals surface area contributed by atoms with Gasteiger partial charge in [0.15, 0.2) is 0 Å². The van der Waals surface area contributed by atoms with Crippen LogP contribution in [0.15, 0.2) is 0 Å². The van der Waals surface area contributed by atoms with E-state index in [0.29, 0.717) is 0 Å². The first kappa shape index (κ1) is 7.78. The smallest absolute Gasteiger partial charge is 0.247 e. The minimum absolute atomic E-state index is 0.115. The molecule has 1 atom stereocenters. The lowest BCUT2D eigenvalue weighted by Crippen LogP contribution is -2.36. The first-order valence-corrected chi connectivity index (χ1v) is 2.81. The van der Waals surface area contributed by atoms with Gasteiger partial charge in [0.25, 0.3) is 0 Å². The van der Waals surface area contributed by atoms with Crippen LogP contribution in [0.5, 0.6) is 0 Å². The fourth-order valence-electron chi connectivity index (χ4n) is 0.268. The number of amides is 1. The van der Waals surface area contributed by atoms with Crippen molar-refractivity contribution in [2.75, 3.05) is 14.1 Å². The van der Waals surface area contributed by atoms with Crippen molar-refractivity contribution < 1.29 is 4.79 Å². The van der Waals surface area contributed by atoms with E-state index in [9.17, 15) is 4.79 Å². The molecule has 0 fully saturated rings. The third-order valence-electron chi connectivity index (χ3n) is 0.768. The zero-order valence-electron chi connectivity index (χ0n) is 4.93. The van der Waals surface area contributed by atoms with Gasteiger partial charge in [0.1, 0.15) is 5.37 Å². The monoisotopic (exact) mass is 134 g/mol. The highest BCUT2D eigenvalue weighted by molar-refractivity contribution is 7.81. The van der Waals surface area contributed by atoms with Crippen LogP contribution >= 0.6 is 12.6 Å². The SMILES string of the molecule is CNC(=O)[C@H](S)NC. The van der Waals surface area contributed by atoms with E-state index in [-0.39, 0.29) is 11.3 Å². The van der Waals surface area contributed by atoms with Crippen molar-refractivity contribution in [3.8, 4) is 0 Å². The maximum atomic E-state index is 10.5. The summed E-state index contributed by atoms with van der Waals surface area (Å²) < 4.78 is 0. The maximum absolute atomic E-state index is 10.5. The molecular weight excluding hydrogens is 124 g/mol. The highest BCUT2D eigenvalue weighted by atomic mass is 32.1. The average molecular weight is 134 g/mol. The molecule has 0 aliphatic rings. The van der Waals surface area contributed by atoms with E-state index >= 15 is 0 Å². The van der Waals surface area contributed by atoms with Crippen LogP contribution in [0.1, 0.15) is 0 Å². The van der Waals surface area contributed by atoms with Gasteiger partial charge in [-0.05, 0) is 7.05 Å². The first-order chi connectivity index (χ1) is 3.72. The third kappa shape index (κ3) is 2.18. The maximum Gasteiger partial charge on any atom is 0.247 e.